The van der Waals surface area contributed by atoms with Gasteiger partial charge in [0.05, 0.1) is 11.9 Å². The van der Waals surface area contributed by atoms with E-state index in [9.17, 15) is 0 Å². The van der Waals surface area contributed by atoms with Crippen LogP contribution in [-0.4, -0.2) is 20.2 Å². The Kier molecular flexibility index (Phi) is 2.97. The van der Waals surface area contributed by atoms with Crippen LogP contribution < -0.4 is 0 Å². The Morgan fingerprint density at radius 2 is 1.95 bits per heavy atom. The number of nitrogens with one attached hydrogen (secondary N) is 1. The standard InChI is InChI=1S/C16H13ClN4/c17-14-4-2-1-3-12(14)13-9-18-16(10-5-6-10)21-15(13)11-7-19-20-8-11/h1-4,7-10H,5-6H2,(H,19,20). The number of halogens is 1. The number of hydrogen-bond donors (Lipinski definition) is 1. The minimum Gasteiger partial charge on any atom is -0.285 e. The van der Waals surface area contributed by atoms with E-state index in [1.165, 1.54) is 12.8 Å². The normalized spacial score (nSPS) is 14.3. The lowest BCUT2D eigenvalue weighted by molar-refractivity contribution is 0.932. The molecule has 4 nitrogen and oxygen atoms in total. The summed E-state index contributed by atoms with van der Waals surface area (Å²) in [6, 6.07) is 7.75. The molecule has 5 heteroatoms. The molecule has 1 fully saturated rings. The van der Waals surface area contributed by atoms with Crippen molar-refractivity contribution in [1.29, 1.82) is 0 Å². The first-order chi connectivity index (χ1) is 10.3. The van der Waals surface area contributed by atoms with Crippen molar-refractivity contribution in [3.63, 3.8) is 0 Å². The highest BCUT2D eigenvalue weighted by molar-refractivity contribution is 6.33. The van der Waals surface area contributed by atoms with Crippen LogP contribution >= 0.6 is 11.6 Å². The molecule has 0 radical (unpaired) electrons. The van der Waals surface area contributed by atoms with Crippen molar-refractivity contribution in [2.75, 3.05) is 0 Å². The van der Waals surface area contributed by atoms with Crippen LogP contribution in [0.25, 0.3) is 22.4 Å². The summed E-state index contributed by atoms with van der Waals surface area (Å²) in [5.41, 5.74) is 3.71. The molecule has 0 atom stereocenters. The number of aromatic nitrogens is 4. The topological polar surface area (TPSA) is 54.5 Å². The molecule has 0 aliphatic heterocycles. The zero-order chi connectivity index (χ0) is 14.2. The van der Waals surface area contributed by atoms with Crippen molar-refractivity contribution in [2.45, 2.75) is 18.8 Å². The van der Waals surface area contributed by atoms with Crippen LogP contribution in [-0.2, 0) is 0 Å². The Hall–Kier alpha value is -2.20. The van der Waals surface area contributed by atoms with Crippen molar-refractivity contribution >= 4 is 11.6 Å². The summed E-state index contributed by atoms with van der Waals surface area (Å²) in [6.07, 6.45) is 7.86. The van der Waals surface area contributed by atoms with E-state index >= 15 is 0 Å². The van der Waals surface area contributed by atoms with Gasteiger partial charge in [-0.2, -0.15) is 5.10 Å². The average Bonchev–Trinajstić information content (AvgIpc) is 3.22. The minimum absolute atomic E-state index is 0.510. The van der Waals surface area contributed by atoms with E-state index in [0.29, 0.717) is 10.9 Å². The molecule has 104 valence electrons. The Balaban J connectivity index is 1.92. The van der Waals surface area contributed by atoms with Crippen molar-refractivity contribution in [3.05, 3.63) is 53.7 Å². The summed E-state index contributed by atoms with van der Waals surface area (Å²) in [5, 5.41) is 7.57. The molecule has 2 aromatic heterocycles. The van der Waals surface area contributed by atoms with E-state index in [4.69, 9.17) is 16.6 Å². The highest BCUT2D eigenvalue weighted by Gasteiger charge is 2.27. The maximum Gasteiger partial charge on any atom is 0.132 e. The van der Waals surface area contributed by atoms with Crippen LogP contribution in [0.1, 0.15) is 24.6 Å². The maximum absolute atomic E-state index is 6.33. The molecule has 21 heavy (non-hydrogen) atoms. The fourth-order valence-corrected chi connectivity index (χ4v) is 2.65. The number of benzene rings is 1. The second-order valence-electron chi connectivity index (χ2n) is 5.23. The Labute approximate surface area is 127 Å². The third kappa shape index (κ3) is 2.32. The Bertz CT molecular complexity index is 779. The zero-order valence-electron chi connectivity index (χ0n) is 11.3. The second kappa shape index (κ2) is 4.97. The number of aromatic amines is 1. The minimum atomic E-state index is 0.510. The monoisotopic (exact) mass is 296 g/mol. The van der Waals surface area contributed by atoms with Gasteiger partial charge in [0.25, 0.3) is 0 Å². The molecular formula is C16H13ClN4. The van der Waals surface area contributed by atoms with Crippen LogP contribution in [0.3, 0.4) is 0 Å². The molecule has 3 aromatic rings. The van der Waals surface area contributed by atoms with Gasteiger partial charge in [0, 0.05) is 40.0 Å². The first-order valence-electron chi connectivity index (χ1n) is 6.94. The largest absolute Gasteiger partial charge is 0.285 e. The van der Waals surface area contributed by atoms with Gasteiger partial charge in [0.15, 0.2) is 0 Å². The predicted molar refractivity (Wildman–Crippen MR) is 82.0 cm³/mol. The van der Waals surface area contributed by atoms with Gasteiger partial charge in [-0.05, 0) is 18.9 Å². The Morgan fingerprint density at radius 3 is 2.67 bits per heavy atom. The molecule has 1 saturated carbocycles. The first-order valence-corrected chi connectivity index (χ1v) is 7.31. The van der Waals surface area contributed by atoms with Gasteiger partial charge in [0.1, 0.15) is 5.82 Å². The fraction of sp³-hybridized carbons (Fsp3) is 0.188. The summed E-state index contributed by atoms with van der Waals surface area (Å²) < 4.78 is 0. The third-order valence-electron chi connectivity index (χ3n) is 3.69. The number of nitrogens with zero attached hydrogens (tertiary/aromatic N) is 3. The second-order valence-corrected chi connectivity index (χ2v) is 5.64. The molecule has 1 aliphatic rings. The van der Waals surface area contributed by atoms with E-state index in [1.807, 2.05) is 36.7 Å². The molecule has 0 spiro atoms. The number of rotatable bonds is 3. The highest BCUT2D eigenvalue weighted by atomic mass is 35.5. The Morgan fingerprint density at radius 1 is 1.10 bits per heavy atom. The molecule has 0 amide bonds. The molecule has 1 aromatic carbocycles. The molecular weight excluding hydrogens is 284 g/mol. The predicted octanol–water partition coefficient (Wildman–Crippen LogP) is 4.06. The number of hydrogen-bond acceptors (Lipinski definition) is 3. The molecule has 0 saturated heterocycles. The third-order valence-corrected chi connectivity index (χ3v) is 4.02. The molecule has 1 aliphatic carbocycles. The molecule has 0 bridgehead atoms. The van der Waals surface area contributed by atoms with Crippen LogP contribution in [0.2, 0.25) is 5.02 Å². The summed E-state index contributed by atoms with van der Waals surface area (Å²) in [7, 11) is 0. The zero-order valence-corrected chi connectivity index (χ0v) is 12.0. The van der Waals surface area contributed by atoms with E-state index in [2.05, 4.69) is 15.2 Å². The summed E-state index contributed by atoms with van der Waals surface area (Å²) in [5.74, 6) is 1.43. The first kappa shape index (κ1) is 12.5. The smallest absolute Gasteiger partial charge is 0.132 e. The molecule has 4 rings (SSSR count). The highest BCUT2D eigenvalue weighted by Crippen LogP contribution is 2.40. The lowest BCUT2D eigenvalue weighted by Crippen LogP contribution is -1.97. The molecule has 0 unspecified atom stereocenters. The van der Waals surface area contributed by atoms with E-state index in [0.717, 1.165) is 28.2 Å². The SMILES string of the molecule is Clc1ccccc1-c1cnc(C2CC2)nc1-c1cn[nH]c1. The van der Waals surface area contributed by atoms with Gasteiger partial charge < -0.3 is 0 Å². The summed E-state index contributed by atoms with van der Waals surface area (Å²) >= 11 is 6.33. The molecule has 2 heterocycles. The lowest BCUT2D eigenvalue weighted by atomic mass is 10.0. The van der Waals surface area contributed by atoms with Crippen molar-refractivity contribution < 1.29 is 0 Å². The van der Waals surface area contributed by atoms with Crippen LogP contribution in [0, 0.1) is 0 Å². The van der Waals surface area contributed by atoms with Crippen molar-refractivity contribution in [2.24, 2.45) is 0 Å². The van der Waals surface area contributed by atoms with E-state index in [1.54, 1.807) is 6.20 Å². The van der Waals surface area contributed by atoms with Crippen LogP contribution in [0.4, 0.5) is 0 Å². The van der Waals surface area contributed by atoms with Crippen LogP contribution in [0.5, 0.6) is 0 Å². The van der Waals surface area contributed by atoms with Gasteiger partial charge in [-0.1, -0.05) is 29.8 Å². The molecule has 1 N–H and O–H groups in total. The maximum atomic E-state index is 6.33. The number of H-pyrrole nitrogens is 1. The summed E-state index contributed by atoms with van der Waals surface area (Å²) in [4.78, 5) is 9.29. The summed E-state index contributed by atoms with van der Waals surface area (Å²) in [6.45, 7) is 0. The van der Waals surface area contributed by atoms with Crippen LogP contribution in [0.15, 0.2) is 42.9 Å². The van der Waals surface area contributed by atoms with Gasteiger partial charge in [-0.15, -0.1) is 0 Å². The van der Waals surface area contributed by atoms with Crippen molar-refractivity contribution in [1.82, 2.24) is 20.2 Å². The van der Waals surface area contributed by atoms with Gasteiger partial charge in [-0.3, -0.25) is 5.10 Å². The lowest BCUT2D eigenvalue weighted by Gasteiger charge is -2.10. The van der Waals surface area contributed by atoms with Gasteiger partial charge >= 0.3 is 0 Å². The van der Waals surface area contributed by atoms with E-state index in [-0.39, 0.29) is 0 Å². The van der Waals surface area contributed by atoms with Gasteiger partial charge in [-0.25, -0.2) is 9.97 Å². The van der Waals surface area contributed by atoms with E-state index < -0.39 is 0 Å². The quantitative estimate of drug-likeness (QED) is 0.793. The fourth-order valence-electron chi connectivity index (χ4n) is 2.41. The van der Waals surface area contributed by atoms with Crippen molar-refractivity contribution in [3.8, 4) is 22.4 Å². The van der Waals surface area contributed by atoms with Gasteiger partial charge in [0.2, 0.25) is 0 Å². The average molecular weight is 297 g/mol.